The lowest BCUT2D eigenvalue weighted by atomic mass is 9.92. The molecule has 2 aliphatic heterocycles. The highest BCUT2D eigenvalue weighted by Crippen LogP contribution is 2.11. The monoisotopic (exact) mass is 241 g/mol. The zero-order valence-corrected chi connectivity index (χ0v) is 11.1. The van der Waals surface area contributed by atoms with Gasteiger partial charge in [-0.25, -0.2) is 0 Å². The molecule has 4 nitrogen and oxygen atoms in total. The normalized spacial score (nSPS) is 34.7. The number of ether oxygens (including phenoxy) is 1. The van der Waals surface area contributed by atoms with Gasteiger partial charge < -0.3 is 14.5 Å². The molecule has 3 atom stereocenters. The number of hydrogen-bond acceptors (Lipinski definition) is 2. The molecule has 1 amide bonds. The fourth-order valence-electron chi connectivity index (χ4n) is 3.21. The predicted octanol–water partition coefficient (Wildman–Crippen LogP) is -0.594. The van der Waals surface area contributed by atoms with Crippen LogP contribution >= 0.6 is 0 Å². The largest absolute Gasteiger partial charge is 0.378 e. The molecule has 2 saturated heterocycles. The van der Waals surface area contributed by atoms with Crippen LogP contribution in [0.3, 0.4) is 0 Å². The van der Waals surface area contributed by atoms with Crippen molar-refractivity contribution in [1.29, 1.82) is 0 Å². The van der Waals surface area contributed by atoms with Gasteiger partial charge in [0.1, 0.15) is 0 Å². The van der Waals surface area contributed by atoms with E-state index in [0.717, 1.165) is 38.0 Å². The van der Waals surface area contributed by atoms with E-state index in [0.29, 0.717) is 25.7 Å². The summed E-state index contributed by atoms with van der Waals surface area (Å²) in [5.41, 5.74) is 0. The van der Waals surface area contributed by atoms with Crippen molar-refractivity contribution in [2.24, 2.45) is 11.8 Å². The van der Waals surface area contributed by atoms with Gasteiger partial charge in [-0.2, -0.15) is 0 Å². The number of nitrogens with one attached hydrogen (secondary N) is 1. The molecule has 17 heavy (non-hydrogen) atoms. The molecule has 2 rings (SSSR count). The molecule has 0 aliphatic carbocycles. The SMILES string of the molecule is C[C@@H]1C[C@H](C)C[NH+](CC(=O)N2CCOCC2)C1. The van der Waals surface area contributed by atoms with E-state index < -0.39 is 0 Å². The Morgan fingerprint density at radius 3 is 2.41 bits per heavy atom. The summed E-state index contributed by atoms with van der Waals surface area (Å²) in [6.45, 7) is 10.5. The van der Waals surface area contributed by atoms with E-state index in [-0.39, 0.29) is 0 Å². The first-order valence-corrected chi connectivity index (χ1v) is 6.84. The van der Waals surface area contributed by atoms with E-state index in [1.165, 1.54) is 11.3 Å². The van der Waals surface area contributed by atoms with Crippen LogP contribution in [0.5, 0.6) is 0 Å². The minimum absolute atomic E-state index is 0.310. The molecule has 0 aromatic rings. The summed E-state index contributed by atoms with van der Waals surface area (Å²) >= 11 is 0. The van der Waals surface area contributed by atoms with Gasteiger partial charge in [-0.05, 0) is 6.42 Å². The number of amides is 1. The third kappa shape index (κ3) is 3.68. The van der Waals surface area contributed by atoms with Crippen molar-refractivity contribution in [3.63, 3.8) is 0 Å². The molecule has 2 fully saturated rings. The summed E-state index contributed by atoms with van der Waals surface area (Å²) in [5.74, 6) is 1.82. The van der Waals surface area contributed by atoms with E-state index in [9.17, 15) is 4.79 Å². The van der Waals surface area contributed by atoms with Crippen molar-refractivity contribution in [1.82, 2.24) is 4.90 Å². The third-order valence-electron chi connectivity index (χ3n) is 3.84. The molecule has 1 N–H and O–H groups in total. The second-order valence-corrected chi connectivity index (χ2v) is 5.77. The molecular formula is C13H25N2O2+. The standard InChI is InChI=1S/C13H24N2O2/c1-11-7-12(2)9-14(8-11)10-13(16)15-3-5-17-6-4-15/h11-12H,3-10H2,1-2H3/p+1/t11-,12+. The first-order valence-electron chi connectivity index (χ1n) is 6.84. The van der Waals surface area contributed by atoms with Crippen molar-refractivity contribution in [2.45, 2.75) is 20.3 Å². The minimum atomic E-state index is 0.310. The van der Waals surface area contributed by atoms with Crippen LogP contribution in [-0.2, 0) is 9.53 Å². The Kier molecular flexibility index (Phi) is 4.40. The highest BCUT2D eigenvalue weighted by atomic mass is 16.5. The lowest BCUT2D eigenvalue weighted by molar-refractivity contribution is -0.904. The lowest BCUT2D eigenvalue weighted by Gasteiger charge is -2.33. The molecule has 4 heteroatoms. The van der Waals surface area contributed by atoms with Crippen LogP contribution in [0.4, 0.5) is 0 Å². The topological polar surface area (TPSA) is 34.0 Å². The molecule has 0 spiro atoms. The first kappa shape index (κ1) is 12.8. The maximum absolute atomic E-state index is 12.1. The smallest absolute Gasteiger partial charge is 0.277 e. The molecule has 0 aromatic carbocycles. The molecule has 0 saturated carbocycles. The van der Waals surface area contributed by atoms with Gasteiger partial charge in [-0.15, -0.1) is 0 Å². The number of piperidine rings is 1. The quantitative estimate of drug-likeness (QED) is 0.701. The number of carbonyl (C=O) groups excluding carboxylic acids is 1. The highest BCUT2D eigenvalue weighted by molar-refractivity contribution is 5.77. The van der Waals surface area contributed by atoms with E-state index in [2.05, 4.69) is 13.8 Å². The van der Waals surface area contributed by atoms with Crippen LogP contribution in [0.15, 0.2) is 0 Å². The zero-order valence-electron chi connectivity index (χ0n) is 11.1. The molecule has 98 valence electrons. The summed E-state index contributed by atoms with van der Waals surface area (Å²) in [7, 11) is 0. The third-order valence-corrected chi connectivity index (χ3v) is 3.84. The van der Waals surface area contributed by atoms with E-state index in [1.54, 1.807) is 0 Å². The molecule has 2 heterocycles. The van der Waals surface area contributed by atoms with Crippen LogP contribution in [0.1, 0.15) is 20.3 Å². The summed E-state index contributed by atoms with van der Waals surface area (Å²) in [6, 6.07) is 0. The maximum atomic E-state index is 12.1. The van der Waals surface area contributed by atoms with Gasteiger partial charge in [-0.3, -0.25) is 4.79 Å². The number of nitrogens with zero attached hydrogens (tertiary/aromatic N) is 1. The fraction of sp³-hybridized carbons (Fsp3) is 0.923. The molecule has 0 radical (unpaired) electrons. The summed E-state index contributed by atoms with van der Waals surface area (Å²) < 4.78 is 5.27. The number of carbonyl (C=O) groups is 1. The van der Waals surface area contributed by atoms with E-state index in [1.807, 2.05) is 4.90 Å². The van der Waals surface area contributed by atoms with Gasteiger partial charge in [0.2, 0.25) is 0 Å². The van der Waals surface area contributed by atoms with Crippen molar-refractivity contribution in [3.05, 3.63) is 0 Å². The van der Waals surface area contributed by atoms with Gasteiger partial charge in [0, 0.05) is 24.9 Å². The molecule has 1 unspecified atom stereocenters. The number of hydrogen-bond donors (Lipinski definition) is 1. The van der Waals surface area contributed by atoms with Crippen LogP contribution in [-0.4, -0.2) is 56.7 Å². The number of rotatable bonds is 2. The Morgan fingerprint density at radius 1 is 1.24 bits per heavy atom. The maximum Gasteiger partial charge on any atom is 0.277 e. The highest BCUT2D eigenvalue weighted by Gasteiger charge is 2.28. The summed E-state index contributed by atoms with van der Waals surface area (Å²) in [4.78, 5) is 15.6. The minimum Gasteiger partial charge on any atom is -0.378 e. The summed E-state index contributed by atoms with van der Waals surface area (Å²) in [5, 5.41) is 0. The Morgan fingerprint density at radius 2 is 1.82 bits per heavy atom. The second-order valence-electron chi connectivity index (χ2n) is 5.77. The number of morpholine rings is 1. The zero-order chi connectivity index (χ0) is 12.3. The Hall–Kier alpha value is -0.610. The molecular weight excluding hydrogens is 216 g/mol. The number of likely N-dealkylation sites (tertiary alicyclic amines) is 1. The fourth-order valence-corrected chi connectivity index (χ4v) is 3.21. The molecule has 0 aromatic heterocycles. The van der Waals surface area contributed by atoms with Gasteiger partial charge in [0.15, 0.2) is 6.54 Å². The Balaban J connectivity index is 1.80. The molecule has 0 bridgehead atoms. The van der Waals surface area contributed by atoms with Crippen molar-refractivity contribution < 1.29 is 14.4 Å². The molecule has 2 aliphatic rings. The van der Waals surface area contributed by atoms with Gasteiger partial charge >= 0.3 is 0 Å². The Bertz CT molecular complexity index is 254. The summed E-state index contributed by atoms with van der Waals surface area (Å²) in [6.07, 6.45) is 1.31. The first-order chi connectivity index (χ1) is 8.15. The van der Waals surface area contributed by atoms with E-state index >= 15 is 0 Å². The van der Waals surface area contributed by atoms with Crippen molar-refractivity contribution in [3.8, 4) is 0 Å². The van der Waals surface area contributed by atoms with Crippen molar-refractivity contribution >= 4 is 5.91 Å². The average Bonchev–Trinajstić information content (AvgIpc) is 2.28. The lowest BCUT2D eigenvalue weighted by Crippen LogP contribution is -3.15. The van der Waals surface area contributed by atoms with Crippen molar-refractivity contribution in [2.75, 3.05) is 45.9 Å². The van der Waals surface area contributed by atoms with Gasteiger partial charge in [0.05, 0.1) is 26.3 Å². The second kappa shape index (κ2) is 5.83. The Labute approximate surface area is 104 Å². The van der Waals surface area contributed by atoms with Crippen LogP contribution in [0.25, 0.3) is 0 Å². The van der Waals surface area contributed by atoms with Crippen LogP contribution in [0, 0.1) is 11.8 Å². The van der Waals surface area contributed by atoms with Gasteiger partial charge in [-0.1, -0.05) is 13.8 Å². The van der Waals surface area contributed by atoms with E-state index in [4.69, 9.17) is 4.74 Å². The van der Waals surface area contributed by atoms with Crippen LogP contribution < -0.4 is 4.90 Å². The van der Waals surface area contributed by atoms with Gasteiger partial charge in [0.25, 0.3) is 5.91 Å². The average molecular weight is 241 g/mol. The van der Waals surface area contributed by atoms with Crippen LogP contribution in [0.2, 0.25) is 0 Å². The predicted molar refractivity (Wildman–Crippen MR) is 65.9 cm³/mol. The number of quaternary nitrogens is 1.